The molecule has 0 amide bonds. The minimum Gasteiger partial charge on any atom is -0.497 e. The van der Waals surface area contributed by atoms with Crippen LogP contribution in [-0.4, -0.2) is 47.7 Å². The van der Waals surface area contributed by atoms with Gasteiger partial charge in [0.1, 0.15) is 12.5 Å². The van der Waals surface area contributed by atoms with Crippen LogP contribution in [0.15, 0.2) is 24.4 Å². The van der Waals surface area contributed by atoms with Crippen molar-refractivity contribution in [2.75, 3.05) is 27.7 Å². The molecular formula is C18H29N2O5P. The Labute approximate surface area is 155 Å². The Bertz CT molecular complexity index is 795. The van der Waals surface area contributed by atoms with E-state index in [1.54, 1.807) is 27.9 Å². The van der Waals surface area contributed by atoms with Crippen LogP contribution in [0.2, 0.25) is 0 Å². The number of likely N-dealkylation sites (N-methyl/N-ethyl adjacent to an activating group) is 1. The molecule has 0 spiro atoms. The second kappa shape index (κ2) is 8.11. The van der Waals surface area contributed by atoms with Gasteiger partial charge in [-0.05, 0) is 65.0 Å². The van der Waals surface area contributed by atoms with Gasteiger partial charge in [0.2, 0.25) is 0 Å². The zero-order valence-corrected chi connectivity index (χ0v) is 17.2. The average molecular weight is 384 g/mol. The van der Waals surface area contributed by atoms with Crippen LogP contribution in [0.1, 0.15) is 26.3 Å². The molecule has 2 aromatic rings. The zero-order valence-electron chi connectivity index (χ0n) is 16.4. The number of nitrogens with zero attached hydrogens (tertiary/aromatic N) is 2. The Morgan fingerprint density at radius 3 is 2.54 bits per heavy atom. The first-order valence-corrected chi connectivity index (χ1v) is 9.99. The highest BCUT2D eigenvalue weighted by Gasteiger charge is 2.29. The van der Waals surface area contributed by atoms with E-state index < -0.39 is 13.4 Å². The fourth-order valence-corrected chi connectivity index (χ4v) is 3.65. The van der Waals surface area contributed by atoms with Crippen LogP contribution in [-0.2, 0) is 26.8 Å². The molecule has 0 fully saturated rings. The van der Waals surface area contributed by atoms with E-state index in [-0.39, 0.29) is 6.73 Å². The Morgan fingerprint density at radius 1 is 1.27 bits per heavy atom. The Hall–Kier alpha value is -1.37. The van der Waals surface area contributed by atoms with Crippen LogP contribution in [0.4, 0.5) is 0 Å². The second-order valence-corrected chi connectivity index (χ2v) is 8.87. The number of rotatable bonds is 8. The minimum atomic E-state index is -4.15. The first kappa shape index (κ1) is 20.9. The van der Waals surface area contributed by atoms with Crippen molar-refractivity contribution in [1.29, 1.82) is 0 Å². The molecule has 1 heterocycles. The largest absolute Gasteiger partial charge is 0.497 e. The minimum absolute atomic E-state index is 0.0748. The van der Waals surface area contributed by atoms with Crippen molar-refractivity contribution in [3.63, 3.8) is 0 Å². The molecule has 1 aromatic carbocycles. The van der Waals surface area contributed by atoms with Crippen LogP contribution in [0.5, 0.6) is 5.75 Å². The van der Waals surface area contributed by atoms with Crippen molar-refractivity contribution < 1.29 is 23.2 Å². The molecule has 2 rings (SSSR count). The maximum atomic E-state index is 12.1. The number of ether oxygens (including phenoxy) is 1. The van der Waals surface area contributed by atoms with Gasteiger partial charge in [0.15, 0.2) is 0 Å². The molecule has 1 N–H and O–H groups in total. The highest BCUT2D eigenvalue weighted by atomic mass is 31.2. The fourth-order valence-electron chi connectivity index (χ4n) is 2.63. The molecule has 0 aliphatic carbocycles. The summed E-state index contributed by atoms with van der Waals surface area (Å²) in [7, 11) is 1.53. The molecule has 8 heteroatoms. The van der Waals surface area contributed by atoms with Gasteiger partial charge in [-0.3, -0.25) is 9.05 Å². The van der Waals surface area contributed by atoms with Crippen LogP contribution < -0.4 is 4.74 Å². The van der Waals surface area contributed by atoms with Gasteiger partial charge in [0, 0.05) is 18.1 Å². The molecule has 0 saturated carbocycles. The summed E-state index contributed by atoms with van der Waals surface area (Å²) in [6.45, 7) is 5.93. The second-order valence-electron chi connectivity index (χ2n) is 7.49. The van der Waals surface area contributed by atoms with Gasteiger partial charge < -0.3 is 19.1 Å². The topological polar surface area (TPSA) is 73.2 Å². The van der Waals surface area contributed by atoms with Gasteiger partial charge in [-0.2, -0.15) is 0 Å². The molecule has 1 unspecified atom stereocenters. The third kappa shape index (κ3) is 5.83. The lowest BCUT2D eigenvalue weighted by molar-refractivity contribution is 0.0493. The van der Waals surface area contributed by atoms with E-state index in [1.165, 1.54) is 0 Å². The van der Waals surface area contributed by atoms with E-state index in [9.17, 15) is 9.46 Å². The van der Waals surface area contributed by atoms with Gasteiger partial charge in [-0.15, -0.1) is 0 Å². The molecule has 0 saturated heterocycles. The fraction of sp³-hybridized carbons (Fsp3) is 0.556. The summed E-state index contributed by atoms with van der Waals surface area (Å²) in [5, 5.41) is 1.04. The molecule has 146 valence electrons. The smallest absolute Gasteiger partial charge is 0.474 e. The molecular weight excluding hydrogens is 355 g/mol. The first-order valence-electron chi connectivity index (χ1n) is 8.49. The summed E-state index contributed by atoms with van der Waals surface area (Å²) in [6.07, 6.45) is 2.80. The van der Waals surface area contributed by atoms with Crippen LogP contribution in [0, 0.1) is 0 Å². The number of hydrogen-bond acceptors (Lipinski definition) is 5. The van der Waals surface area contributed by atoms with Crippen molar-refractivity contribution in [2.24, 2.45) is 0 Å². The van der Waals surface area contributed by atoms with E-state index >= 15 is 0 Å². The van der Waals surface area contributed by atoms with E-state index in [0.29, 0.717) is 0 Å². The van der Waals surface area contributed by atoms with Crippen LogP contribution in [0.25, 0.3) is 10.9 Å². The monoisotopic (exact) mass is 384 g/mol. The quantitative estimate of drug-likeness (QED) is 0.701. The van der Waals surface area contributed by atoms with Gasteiger partial charge in [-0.1, -0.05) is 0 Å². The third-order valence-electron chi connectivity index (χ3n) is 3.75. The number of hydrogen-bond donors (Lipinski definition) is 1. The van der Waals surface area contributed by atoms with Crippen LogP contribution >= 0.6 is 7.82 Å². The van der Waals surface area contributed by atoms with Crippen molar-refractivity contribution in [3.8, 4) is 5.75 Å². The third-order valence-corrected chi connectivity index (χ3v) is 4.97. The predicted molar refractivity (Wildman–Crippen MR) is 102 cm³/mol. The summed E-state index contributed by atoms with van der Waals surface area (Å²) in [5.41, 5.74) is 1.27. The van der Waals surface area contributed by atoms with Gasteiger partial charge >= 0.3 is 7.82 Å². The number of methoxy groups -OCH3 is 1. The molecule has 0 aliphatic heterocycles. The van der Waals surface area contributed by atoms with E-state index in [4.69, 9.17) is 13.8 Å². The highest BCUT2D eigenvalue weighted by Crippen LogP contribution is 2.47. The van der Waals surface area contributed by atoms with Crippen LogP contribution in [0.3, 0.4) is 0 Å². The molecule has 1 atom stereocenters. The Morgan fingerprint density at radius 2 is 1.96 bits per heavy atom. The molecule has 26 heavy (non-hydrogen) atoms. The lowest BCUT2D eigenvalue weighted by Gasteiger charge is -2.22. The molecule has 0 radical (unpaired) electrons. The summed E-state index contributed by atoms with van der Waals surface area (Å²) in [6, 6.07) is 5.75. The van der Waals surface area contributed by atoms with Crippen molar-refractivity contribution in [1.82, 2.24) is 9.47 Å². The lowest BCUT2D eigenvalue weighted by Crippen LogP contribution is -2.18. The number of phosphoric acid groups is 1. The molecule has 7 nitrogen and oxygen atoms in total. The summed E-state index contributed by atoms with van der Waals surface area (Å²) in [4.78, 5) is 12.0. The average Bonchev–Trinajstić information content (AvgIpc) is 2.86. The first-order chi connectivity index (χ1) is 12.0. The highest BCUT2D eigenvalue weighted by molar-refractivity contribution is 7.47. The van der Waals surface area contributed by atoms with Gasteiger partial charge in [-0.25, -0.2) is 4.57 Å². The lowest BCUT2D eigenvalue weighted by atomic mass is 10.1. The van der Waals surface area contributed by atoms with Crippen molar-refractivity contribution in [3.05, 3.63) is 30.0 Å². The number of benzene rings is 1. The van der Waals surface area contributed by atoms with Gasteiger partial charge in [0.25, 0.3) is 0 Å². The molecule has 0 aliphatic rings. The molecule has 0 bridgehead atoms. The predicted octanol–water partition coefficient (Wildman–Crippen LogP) is 3.64. The normalized spacial score (nSPS) is 14.8. The SMILES string of the molecule is COc1ccc2c(c1)c(CCN(C)C)cn2COP(=O)(O)OC(C)(C)C. The standard InChI is InChI=1S/C18H29N2O5P/c1-18(2,3)25-26(21,22)24-13-20-12-14(9-10-19(4)5)16-11-15(23-6)7-8-17(16)20/h7-8,11-12H,9-10,13H2,1-6H3,(H,21,22). The number of aromatic nitrogens is 1. The maximum absolute atomic E-state index is 12.1. The molecule has 1 aromatic heterocycles. The van der Waals surface area contributed by atoms with Crippen molar-refractivity contribution in [2.45, 2.75) is 39.5 Å². The maximum Gasteiger partial charge on any atom is 0.474 e. The number of phosphoric ester groups is 1. The van der Waals surface area contributed by atoms with Gasteiger partial charge in [0.05, 0.1) is 18.2 Å². The number of fused-ring (bicyclic) bond motifs is 1. The van der Waals surface area contributed by atoms with E-state index in [0.717, 1.165) is 35.2 Å². The van der Waals surface area contributed by atoms with Crippen molar-refractivity contribution >= 4 is 18.7 Å². The summed E-state index contributed by atoms with van der Waals surface area (Å²) >= 11 is 0. The Balaban J connectivity index is 2.27. The zero-order chi connectivity index (χ0) is 19.5. The summed E-state index contributed by atoms with van der Waals surface area (Å²) < 4.78 is 29.6. The Kier molecular flexibility index (Phi) is 6.53. The van der Waals surface area contributed by atoms with E-state index in [1.807, 2.05) is 43.1 Å². The van der Waals surface area contributed by atoms with E-state index in [2.05, 4.69) is 4.90 Å². The summed E-state index contributed by atoms with van der Waals surface area (Å²) in [5.74, 6) is 0.770.